The van der Waals surface area contributed by atoms with Crippen LogP contribution in [0.3, 0.4) is 0 Å². The number of thioether (sulfide) groups is 1. The summed E-state index contributed by atoms with van der Waals surface area (Å²) in [6, 6.07) is 3.44. The Morgan fingerprint density at radius 2 is 2.36 bits per heavy atom. The number of aryl methyl sites for hydroxylation is 1. The van der Waals surface area contributed by atoms with Crippen molar-refractivity contribution in [2.75, 3.05) is 6.61 Å². The highest BCUT2D eigenvalue weighted by Crippen LogP contribution is 2.38. The Morgan fingerprint density at radius 3 is 3.07 bits per heavy atom. The van der Waals surface area contributed by atoms with Gasteiger partial charge < -0.3 is 5.11 Å². The van der Waals surface area contributed by atoms with Crippen LogP contribution in [0.1, 0.15) is 12.0 Å². The predicted molar refractivity (Wildman–Crippen MR) is 59.2 cm³/mol. The highest BCUT2D eigenvalue weighted by molar-refractivity contribution is 9.10. The van der Waals surface area contributed by atoms with E-state index in [1.807, 2.05) is 6.07 Å². The van der Waals surface area contributed by atoms with Crippen molar-refractivity contribution in [3.63, 3.8) is 0 Å². The van der Waals surface area contributed by atoms with Gasteiger partial charge in [-0.1, -0.05) is 15.9 Å². The van der Waals surface area contributed by atoms with E-state index in [1.54, 1.807) is 0 Å². The van der Waals surface area contributed by atoms with Gasteiger partial charge in [0.1, 0.15) is 5.82 Å². The number of halogens is 2. The summed E-state index contributed by atoms with van der Waals surface area (Å²) in [6.45, 7) is 0.125. The van der Waals surface area contributed by atoms with Gasteiger partial charge in [-0.05, 0) is 30.5 Å². The van der Waals surface area contributed by atoms with Crippen molar-refractivity contribution < 1.29 is 9.50 Å². The lowest BCUT2D eigenvalue weighted by Crippen LogP contribution is -2.15. The van der Waals surface area contributed by atoms with Crippen LogP contribution in [0.15, 0.2) is 21.5 Å². The van der Waals surface area contributed by atoms with Crippen molar-refractivity contribution in [3.8, 4) is 0 Å². The molecule has 0 aliphatic carbocycles. The number of hydrogen-bond donors (Lipinski definition) is 1. The maximum absolute atomic E-state index is 13.5. The van der Waals surface area contributed by atoms with Gasteiger partial charge in [-0.25, -0.2) is 4.39 Å². The normalized spacial score (nSPS) is 20.6. The minimum absolute atomic E-state index is 0.125. The number of fused-ring (bicyclic) bond motifs is 1. The monoisotopic (exact) mass is 276 g/mol. The molecule has 0 spiro atoms. The van der Waals surface area contributed by atoms with Crippen LogP contribution in [0.2, 0.25) is 0 Å². The van der Waals surface area contributed by atoms with Gasteiger partial charge in [-0.15, -0.1) is 11.8 Å². The number of aliphatic hydroxyl groups excluding tert-OH is 1. The first-order valence-electron chi connectivity index (χ1n) is 4.46. The van der Waals surface area contributed by atoms with Crippen molar-refractivity contribution in [2.45, 2.75) is 23.0 Å². The fourth-order valence-corrected chi connectivity index (χ4v) is 3.21. The summed E-state index contributed by atoms with van der Waals surface area (Å²) in [4.78, 5) is 0.707. The molecule has 0 radical (unpaired) electrons. The Bertz CT molecular complexity index is 356. The largest absolute Gasteiger partial charge is 0.395 e. The molecular formula is C10H10BrFOS. The van der Waals surface area contributed by atoms with Crippen LogP contribution >= 0.6 is 27.7 Å². The minimum Gasteiger partial charge on any atom is -0.395 e. The van der Waals surface area contributed by atoms with E-state index >= 15 is 0 Å². The Balaban J connectivity index is 2.37. The van der Waals surface area contributed by atoms with Gasteiger partial charge in [-0.3, -0.25) is 0 Å². The van der Waals surface area contributed by atoms with Crippen LogP contribution in [-0.2, 0) is 6.42 Å². The Morgan fingerprint density at radius 1 is 1.57 bits per heavy atom. The van der Waals surface area contributed by atoms with E-state index in [4.69, 9.17) is 5.11 Å². The van der Waals surface area contributed by atoms with Gasteiger partial charge in [0.15, 0.2) is 0 Å². The van der Waals surface area contributed by atoms with Gasteiger partial charge in [0, 0.05) is 14.6 Å². The van der Waals surface area contributed by atoms with Crippen LogP contribution < -0.4 is 0 Å². The van der Waals surface area contributed by atoms with Crippen molar-refractivity contribution in [2.24, 2.45) is 0 Å². The second-order valence-electron chi connectivity index (χ2n) is 3.34. The van der Waals surface area contributed by atoms with Crippen molar-refractivity contribution in [3.05, 3.63) is 28.0 Å². The lowest BCUT2D eigenvalue weighted by atomic mass is 10.1. The lowest BCUT2D eigenvalue weighted by molar-refractivity contribution is 0.289. The lowest BCUT2D eigenvalue weighted by Gasteiger charge is -2.22. The van der Waals surface area contributed by atoms with Crippen molar-refractivity contribution in [1.29, 1.82) is 0 Å². The summed E-state index contributed by atoms with van der Waals surface area (Å²) < 4.78 is 14.3. The summed E-state index contributed by atoms with van der Waals surface area (Å²) in [6.07, 6.45) is 1.77. The molecule has 2 rings (SSSR count). The second kappa shape index (κ2) is 4.21. The molecule has 76 valence electrons. The average Bonchev–Trinajstić information content (AvgIpc) is 2.17. The van der Waals surface area contributed by atoms with Gasteiger partial charge in [0.05, 0.1) is 6.61 Å². The fraction of sp³-hybridized carbons (Fsp3) is 0.400. The zero-order valence-electron chi connectivity index (χ0n) is 7.46. The first kappa shape index (κ1) is 10.5. The molecule has 1 aromatic rings. The molecule has 1 atom stereocenters. The van der Waals surface area contributed by atoms with Gasteiger partial charge >= 0.3 is 0 Å². The van der Waals surface area contributed by atoms with Crippen LogP contribution in [0, 0.1) is 5.82 Å². The van der Waals surface area contributed by atoms with Crippen LogP contribution in [-0.4, -0.2) is 17.0 Å². The van der Waals surface area contributed by atoms with E-state index < -0.39 is 0 Å². The SMILES string of the molecule is OCC1CCc2cc(Br)cc(F)c2S1. The topological polar surface area (TPSA) is 20.2 Å². The van der Waals surface area contributed by atoms with E-state index in [0.29, 0.717) is 4.90 Å². The molecule has 0 aromatic heterocycles. The highest BCUT2D eigenvalue weighted by Gasteiger charge is 2.21. The van der Waals surface area contributed by atoms with E-state index in [1.165, 1.54) is 17.8 Å². The second-order valence-corrected chi connectivity index (χ2v) is 5.56. The van der Waals surface area contributed by atoms with Crippen LogP contribution in [0.4, 0.5) is 4.39 Å². The van der Waals surface area contributed by atoms with E-state index in [2.05, 4.69) is 15.9 Å². The smallest absolute Gasteiger partial charge is 0.138 e. The maximum atomic E-state index is 13.5. The average molecular weight is 277 g/mol. The molecule has 0 fully saturated rings. The fourth-order valence-electron chi connectivity index (χ4n) is 1.60. The standard InChI is InChI=1S/C10H10BrFOS/c11-7-3-6-1-2-8(5-13)14-10(6)9(12)4-7/h3-4,8,13H,1-2,5H2. The van der Waals surface area contributed by atoms with Crippen LogP contribution in [0.5, 0.6) is 0 Å². The summed E-state index contributed by atoms with van der Waals surface area (Å²) in [5, 5.41) is 9.16. The molecule has 1 aromatic carbocycles. The first-order valence-corrected chi connectivity index (χ1v) is 6.13. The molecule has 1 heterocycles. The number of aliphatic hydroxyl groups is 1. The zero-order chi connectivity index (χ0) is 10.1. The molecule has 1 nitrogen and oxygen atoms in total. The molecule has 4 heteroatoms. The summed E-state index contributed by atoms with van der Waals surface area (Å²) in [5.41, 5.74) is 1.05. The number of benzene rings is 1. The third kappa shape index (κ3) is 1.97. The molecule has 1 N–H and O–H groups in total. The quantitative estimate of drug-likeness (QED) is 0.851. The third-order valence-corrected chi connectivity index (χ3v) is 4.18. The predicted octanol–water partition coefficient (Wildman–Crippen LogP) is 2.99. The molecule has 0 saturated heterocycles. The van der Waals surface area contributed by atoms with E-state index in [0.717, 1.165) is 22.9 Å². The molecule has 0 amide bonds. The third-order valence-electron chi connectivity index (χ3n) is 2.31. The Hall–Kier alpha value is -0.0600. The minimum atomic E-state index is -0.183. The molecule has 0 bridgehead atoms. The number of hydrogen-bond acceptors (Lipinski definition) is 2. The summed E-state index contributed by atoms with van der Waals surface area (Å²) >= 11 is 4.72. The Kier molecular flexibility index (Phi) is 3.14. The van der Waals surface area contributed by atoms with Gasteiger partial charge in [0.25, 0.3) is 0 Å². The van der Waals surface area contributed by atoms with Crippen molar-refractivity contribution in [1.82, 2.24) is 0 Å². The van der Waals surface area contributed by atoms with E-state index in [9.17, 15) is 4.39 Å². The van der Waals surface area contributed by atoms with Crippen molar-refractivity contribution >= 4 is 27.7 Å². The highest BCUT2D eigenvalue weighted by atomic mass is 79.9. The zero-order valence-corrected chi connectivity index (χ0v) is 9.87. The molecule has 1 aliphatic heterocycles. The molecule has 1 unspecified atom stereocenters. The van der Waals surface area contributed by atoms with E-state index in [-0.39, 0.29) is 17.7 Å². The van der Waals surface area contributed by atoms with Gasteiger partial charge in [0.2, 0.25) is 0 Å². The molecule has 14 heavy (non-hydrogen) atoms. The molecule has 0 saturated carbocycles. The maximum Gasteiger partial charge on any atom is 0.138 e. The summed E-state index contributed by atoms with van der Waals surface area (Å²) in [7, 11) is 0. The number of rotatable bonds is 1. The first-order chi connectivity index (χ1) is 6.70. The summed E-state index contributed by atoms with van der Waals surface area (Å²) in [5.74, 6) is -0.183. The van der Waals surface area contributed by atoms with Crippen LogP contribution in [0.25, 0.3) is 0 Å². The molecule has 1 aliphatic rings. The van der Waals surface area contributed by atoms with Gasteiger partial charge in [-0.2, -0.15) is 0 Å². The molecular weight excluding hydrogens is 267 g/mol. The Labute approximate surface area is 94.8 Å².